The highest BCUT2D eigenvalue weighted by Gasteiger charge is 2.64. The van der Waals surface area contributed by atoms with E-state index in [1.165, 1.54) is 0 Å². The monoisotopic (exact) mass is 1930 g/mol. The lowest BCUT2D eigenvalue weighted by atomic mass is 9.88. The highest BCUT2D eigenvalue weighted by atomic mass is 16.8. The van der Waals surface area contributed by atoms with E-state index in [1.54, 1.807) is 0 Å². The summed E-state index contributed by atoms with van der Waals surface area (Å²) in [5.74, 6) is -10.2. The second-order valence-corrected chi connectivity index (χ2v) is 33.1. The summed E-state index contributed by atoms with van der Waals surface area (Å²) < 4.78 is 113. The van der Waals surface area contributed by atoms with Crippen LogP contribution in [0.1, 0.15) is 41.0 Å². The number of hydrogen-bond acceptors (Lipinski definition) is 53. The lowest BCUT2D eigenvalue weighted by molar-refractivity contribution is -0.401. The molecule has 5 amide bonds. The quantitative estimate of drug-likeness (QED) is 0.0277. The van der Waals surface area contributed by atoms with Crippen molar-refractivity contribution < 1.29 is 267 Å². The average Bonchev–Trinajstić information content (AvgIpc) is 0.752. The minimum absolute atomic E-state index is 0.817. The Morgan fingerprint density at radius 1 is 0.311 bits per heavy atom. The van der Waals surface area contributed by atoms with Crippen molar-refractivity contribution in [2.24, 2.45) is 0 Å². The number of amides is 5. The van der Waals surface area contributed by atoms with Crippen LogP contribution in [-0.4, -0.2) is 562 Å². The number of carbonyl (C=O) groups excluding carboxylic acids is 5. The van der Waals surface area contributed by atoms with Crippen LogP contribution in [-0.2, 0) is 119 Å². The van der Waals surface area contributed by atoms with Gasteiger partial charge in [0.2, 0.25) is 29.5 Å². The number of nitrogens with one attached hydrogen (secondary N) is 5. The molecule has 762 valence electrons. The number of ether oxygens (including phenoxy) is 19. The third-order valence-corrected chi connectivity index (χ3v) is 23.8. The van der Waals surface area contributed by atoms with Crippen LogP contribution in [0.4, 0.5) is 0 Å². The maximum absolute atomic E-state index is 13.3. The molecule has 0 bridgehead atoms. The molecule has 0 saturated carbocycles. The van der Waals surface area contributed by atoms with Gasteiger partial charge in [0, 0.05) is 41.0 Å². The normalized spacial score (nSPS) is 47.2. The summed E-state index contributed by atoms with van der Waals surface area (Å²) in [6, 6.07) is -9.55. The molecule has 0 spiro atoms. The summed E-state index contributed by atoms with van der Waals surface area (Å²) in [6.07, 6.45) is -100. The maximum Gasteiger partial charge on any atom is 0.364 e. The van der Waals surface area contributed by atoms with Gasteiger partial charge in [-0.05, 0) is 0 Å². The van der Waals surface area contributed by atoms with E-state index in [0.717, 1.165) is 34.6 Å². The molecule has 59 nitrogen and oxygen atoms in total. The topological polar surface area (TPSA) is 925 Å². The second kappa shape index (κ2) is 47.3. The minimum Gasteiger partial charge on any atom is -0.477 e. The van der Waals surface area contributed by atoms with Crippen molar-refractivity contribution in [3.05, 3.63) is 0 Å². The summed E-state index contributed by atoms with van der Waals surface area (Å²) in [7, 11) is 0. The number of carboxylic acid groups (broad SMARTS) is 1. The van der Waals surface area contributed by atoms with Crippen LogP contribution in [0.5, 0.6) is 0 Å². The maximum atomic E-state index is 13.3. The summed E-state index contributed by atoms with van der Waals surface area (Å²) in [6.45, 7) is -7.28. The first-order valence-electron chi connectivity index (χ1n) is 41.8. The van der Waals surface area contributed by atoms with Gasteiger partial charge in [0.05, 0.1) is 78.2 Å². The zero-order valence-electron chi connectivity index (χ0n) is 70.8. The van der Waals surface area contributed by atoms with Gasteiger partial charge in [0.15, 0.2) is 56.6 Å². The third-order valence-electron chi connectivity index (χ3n) is 23.8. The Kier molecular flexibility index (Phi) is 39.0. The van der Waals surface area contributed by atoms with Gasteiger partial charge in [-0.1, -0.05) is 0 Å². The molecule has 10 heterocycles. The predicted molar refractivity (Wildman–Crippen MR) is 405 cm³/mol. The van der Waals surface area contributed by atoms with Crippen molar-refractivity contribution in [2.45, 2.75) is 353 Å². The smallest absolute Gasteiger partial charge is 0.364 e. The van der Waals surface area contributed by atoms with E-state index in [-0.39, 0.29) is 0 Å². The van der Waals surface area contributed by atoms with E-state index in [0.29, 0.717) is 0 Å². The van der Waals surface area contributed by atoms with Crippen molar-refractivity contribution >= 4 is 35.5 Å². The summed E-state index contributed by atoms with van der Waals surface area (Å²) in [5.41, 5.74) is 0. The van der Waals surface area contributed by atoms with Crippen molar-refractivity contribution in [3.63, 3.8) is 0 Å². The molecule has 0 radical (unpaired) electrons. The van der Waals surface area contributed by atoms with Crippen LogP contribution in [0.3, 0.4) is 0 Å². The van der Waals surface area contributed by atoms with Gasteiger partial charge in [-0.15, -0.1) is 0 Å². The summed E-state index contributed by atoms with van der Waals surface area (Å²) >= 11 is 0. The van der Waals surface area contributed by atoms with Crippen molar-refractivity contribution in [3.8, 4) is 0 Å². The number of carboxylic acids is 1. The van der Waals surface area contributed by atoms with E-state index in [1.807, 2.05) is 0 Å². The lowest BCUT2D eigenvalue weighted by Gasteiger charge is -2.51. The largest absolute Gasteiger partial charge is 0.477 e. The molecule has 0 aromatic rings. The Balaban J connectivity index is 0.974. The Morgan fingerprint density at radius 2 is 0.614 bits per heavy atom. The molecule has 0 aromatic heterocycles. The lowest BCUT2D eigenvalue weighted by Crippen LogP contribution is -2.71. The Morgan fingerprint density at radius 3 is 1.02 bits per heavy atom. The van der Waals surface area contributed by atoms with E-state index in [4.69, 9.17) is 90.0 Å². The van der Waals surface area contributed by atoms with E-state index < -0.39 is 420 Å². The van der Waals surface area contributed by atoms with Crippen molar-refractivity contribution in [1.82, 2.24) is 26.6 Å². The standard InChI is InChI=1S/C73H121N5O54/c1-17(88)74-33-22(93)6-73(72(112)113,131-58(33)38(95)23(94)7-79)132-60-42(99)27(11-83)117-69(53(60)110)127-57-31(15-87)122-66(37(47(57)104)78-21(5)92)130-62-50(107)41(98)26(10-82)119-71(62)128-59-43(100)32(123-68(52(59)109)126-56-30(14-86)120-64(35(45(56)102)76-19(3)90)124-54-28(12-84)115-63(111)34(44(54)101)75-18(2)89)16-114-70-61(49(106)40(97)25(9-81)118-70)129-65-36(77-20(4)91)46(103)55(29(13-85)121-65)125-67-51(108)48(105)39(96)24(8-80)116-67/h22-71,79-87,93-111H,6-16H2,1-5H3,(H,74,88)(H,75,89)(H,76,90)(H,77,91)(H,78,92)(H,112,113)/t22-,23+,24+,25+,26+,27+,28+,29+,30+,31+,32+,33+,34+,35+,36+,37+,38+,39-,40+,41+,42-,43+,44+,45+,46+,47+,48-,49-,50-,51+,52-,53+,54+,55+,56+,57+,58+,59-,60-,61-,62-,63?,64?,65?,66?,67?,68?,69?,70?,71?,73?/m0/s1. The van der Waals surface area contributed by atoms with Crippen LogP contribution < -0.4 is 26.6 Å². The molecule has 10 unspecified atom stereocenters. The molecule has 59 heteroatoms. The summed E-state index contributed by atoms with van der Waals surface area (Å²) in [5, 5.41) is 337. The van der Waals surface area contributed by atoms with Crippen molar-refractivity contribution in [2.75, 3.05) is 66.1 Å². The average molecular weight is 1930 g/mol. The van der Waals surface area contributed by atoms with E-state index in [9.17, 15) is 177 Å². The van der Waals surface area contributed by atoms with Gasteiger partial charge in [-0.3, -0.25) is 24.0 Å². The zero-order valence-corrected chi connectivity index (χ0v) is 70.8. The van der Waals surface area contributed by atoms with Crippen LogP contribution in [0.15, 0.2) is 0 Å². The number of rotatable bonds is 36. The summed E-state index contributed by atoms with van der Waals surface area (Å²) in [4.78, 5) is 77.1. The fraction of sp³-hybridized carbons (Fsp3) is 0.918. The fourth-order valence-electron chi connectivity index (χ4n) is 17.0. The number of aliphatic hydroxyl groups excluding tert-OH is 28. The molecule has 10 aliphatic rings. The Bertz CT molecular complexity index is 3680. The molecule has 0 aliphatic carbocycles. The fourth-order valence-corrected chi connectivity index (χ4v) is 17.0. The van der Waals surface area contributed by atoms with E-state index >= 15 is 0 Å². The van der Waals surface area contributed by atoms with Crippen LogP contribution in [0, 0.1) is 0 Å². The molecule has 10 fully saturated rings. The number of hydrogen-bond donors (Lipinski definition) is 34. The molecule has 10 rings (SSSR count). The molecule has 0 aromatic carbocycles. The third kappa shape index (κ3) is 24.0. The highest BCUT2D eigenvalue weighted by molar-refractivity contribution is 5.77. The SMILES string of the molecule is CC(=O)N[C@H]1[C@H]([C@H](O)[C@H](O)CO)OC(O[C@H]2[C@@H](O)[C@@H](CO)OC(O[C@H]3[C@H](O)[C@@H](NC(C)=O)C(O[C@@H]4C(O[C@H]5[C@H](O)[C@@H](COC6O[C@H](CO)[C@@H](O)[C@H](O)[C@@H]6OC6O[C@H](CO)[C@@H](OC7O[C@H](CO)[C@H](O)[C@H](O)[C@H]7O)[C@H](O)[C@H]6NC(C)=O)OC(O[C@H]6[C@H](O)[C@@H](NC(C)=O)C(O[C@H]7[C@H](O)[C@@H](NC(C)=O)C(O)O[C@@H]7CO)O[C@@H]6CO)[C@H]5O)O[C@H](CO)[C@@H](O)[C@@H]4O)O[C@@H]3CO)[C@@H]2O)(C(=O)O)C[C@@H]1O. The van der Waals surface area contributed by atoms with Crippen LogP contribution >= 0.6 is 0 Å². The minimum atomic E-state index is -3.33. The van der Waals surface area contributed by atoms with Crippen LogP contribution in [0.25, 0.3) is 0 Å². The Hall–Kier alpha value is -5.06. The number of carbonyl (C=O) groups is 6. The number of aliphatic carboxylic acids is 1. The first kappa shape index (κ1) is 109. The molecular weight excluding hydrogens is 1810 g/mol. The van der Waals surface area contributed by atoms with Crippen molar-refractivity contribution in [1.29, 1.82) is 0 Å². The first-order valence-corrected chi connectivity index (χ1v) is 41.8. The van der Waals surface area contributed by atoms with Gasteiger partial charge in [0.1, 0.15) is 238 Å². The second-order valence-electron chi connectivity index (χ2n) is 33.1. The molecule has 132 heavy (non-hydrogen) atoms. The molecular formula is C73H121N5O54. The van der Waals surface area contributed by atoms with Gasteiger partial charge in [-0.2, -0.15) is 0 Å². The van der Waals surface area contributed by atoms with Gasteiger partial charge in [-0.25, -0.2) is 4.79 Å². The predicted octanol–water partition coefficient (Wildman–Crippen LogP) is -22.9. The Labute approximate surface area is 746 Å². The highest BCUT2D eigenvalue weighted by Crippen LogP contribution is 2.43. The molecule has 10 aliphatic heterocycles. The first-order chi connectivity index (χ1) is 62.3. The molecule has 34 N–H and O–H groups in total. The van der Waals surface area contributed by atoms with Gasteiger partial charge in [0.25, 0.3) is 5.79 Å². The van der Waals surface area contributed by atoms with E-state index in [2.05, 4.69) is 26.6 Å². The zero-order chi connectivity index (χ0) is 97.6. The molecule has 10 saturated heterocycles. The van der Waals surface area contributed by atoms with Crippen LogP contribution in [0.2, 0.25) is 0 Å². The van der Waals surface area contributed by atoms with Gasteiger partial charge < -0.3 is 265 Å². The number of aliphatic hydroxyl groups is 28. The van der Waals surface area contributed by atoms with Gasteiger partial charge >= 0.3 is 5.97 Å². The molecule has 51 atom stereocenters.